The van der Waals surface area contributed by atoms with E-state index >= 15 is 0 Å². The van der Waals surface area contributed by atoms with Gasteiger partial charge < -0.3 is 30.1 Å². The molecule has 0 radical (unpaired) electrons. The Morgan fingerprint density at radius 2 is 1.50 bits per heavy atom. The minimum atomic E-state index is -4.78. The molecule has 2 fully saturated rings. The van der Waals surface area contributed by atoms with Crippen molar-refractivity contribution in [2.45, 2.75) is 108 Å². The number of esters is 1. The highest BCUT2D eigenvalue weighted by Gasteiger charge is 2.45. The van der Waals surface area contributed by atoms with Crippen LogP contribution >= 0.6 is 7.82 Å². The van der Waals surface area contributed by atoms with E-state index in [-0.39, 0.29) is 43.1 Å². The second kappa shape index (κ2) is 20.2. The molecule has 2 saturated heterocycles. The van der Waals surface area contributed by atoms with E-state index in [9.17, 15) is 28.5 Å². The van der Waals surface area contributed by atoms with Crippen LogP contribution in [0.1, 0.15) is 81.4 Å². The number of phosphoric acid groups is 1. The molecule has 2 heterocycles. The Kier molecular flexibility index (Phi) is 15.2. The lowest BCUT2D eigenvalue weighted by Gasteiger charge is -2.36. The van der Waals surface area contributed by atoms with Gasteiger partial charge in [-0.05, 0) is 67.3 Å². The van der Waals surface area contributed by atoms with Crippen LogP contribution in [0.5, 0.6) is 5.75 Å². The summed E-state index contributed by atoms with van der Waals surface area (Å²) < 4.78 is 21.4. The predicted octanol–water partition coefficient (Wildman–Crippen LogP) is 4.47. The van der Waals surface area contributed by atoms with Crippen molar-refractivity contribution in [3.63, 3.8) is 0 Å². The first kappa shape index (κ1) is 42.1. The standard InChI is InChI=1S/C41H51N4O10P/c1-2-11-34(39(48)42-26-29-12-5-3-6-13-29)43-40(49)36-23-20-32-16-9-10-17-35(41(50)45(32)36)44-38(47)31(25-37(46)54-27-30-14-7-4-8-15-30)24-28-18-21-33(22-19-28)55-56(51,52)53/h3-8,12-15,18-19,21-22,31-32,34-36H,2,9-11,16-17,20,23-27H2,1H3,(H,42,48)(H,43,49)(H,44,47)(H2,51,52,53)/t31-,32?,34+,35+,36+/m1/s1. The Morgan fingerprint density at radius 1 is 0.839 bits per heavy atom. The lowest BCUT2D eigenvalue weighted by Crippen LogP contribution is -2.58. The first-order chi connectivity index (χ1) is 26.9. The number of amides is 4. The van der Waals surface area contributed by atoms with Gasteiger partial charge in [0.25, 0.3) is 0 Å². The highest BCUT2D eigenvalue weighted by molar-refractivity contribution is 7.46. The fourth-order valence-electron chi connectivity index (χ4n) is 7.31. The number of carbonyl (C=O) groups is 5. The predicted molar refractivity (Wildman–Crippen MR) is 206 cm³/mol. The highest BCUT2D eigenvalue weighted by atomic mass is 31.2. The van der Waals surface area contributed by atoms with Gasteiger partial charge in [-0.15, -0.1) is 0 Å². The summed E-state index contributed by atoms with van der Waals surface area (Å²) in [6.45, 7) is 2.25. The van der Waals surface area contributed by atoms with Crippen LogP contribution < -0.4 is 20.5 Å². The van der Waals surface area contributed by atoms with Crippen molar-refractivity contribution in [3.05, 3.63) is 102 Å². The van der Waals surface area contributed by atoms with E-state index in [1.54, 1.807) is 4.90 Å². The fraction of sp³-hybridized carbons (Fsp3) is 0.439. The minimum absolute atomic E-state index is 0.0110. The molecule has 2 aliphatic rings. The summed E-state index contributed by atoms with van der Waals surface area (Å²) in [4.78, 5) is 88.5. The average Bonchev–Trinajstić information content (AvgIpc) is 3.60. The smallest absolute Gasteiger partial charge is 0.461 e. The summed E-state index contributed by atoms with van der Waals surface area (Å²) in [6.07, 6.45) is 4.35. The maximum atomic E-state index is 14.3. The van der Waals surface area contributed by atoms with Crippen molar-refractivity contribution < 1.29 is 47.6 Å². The number of benzene rings is 3. The zero-order valence-electron chi connectivity index (χ0n) is 31.5. The summed E-state index contributed by atoms with van der Waals surface area (Å²) >= 11 is 0. The Labute approximate surface area is 327 Å². The Bertz CT molecular complexity index is 1840. The molecule has 56 heavy (non-hydrogen) atoms. The molecular weight excluding hydrogens is 739 g/mol. The number of ether oxygens (including phenoxy) is 1. The van der Waals surface area contributed by atoms with Gasteiger partial charge >= 0.3 is 13.8 Å². The maximum absolute atomic E-state index is 14.3. The molecule has 2 aliphatic heterocycles. The molecule has 0 saturated carbocycles. The number of fused-ring (bicyclic) bond motifs is 1. The maximum Gasteiger partial charge on any atom is 0.524 e. The number of phosphoric ester groups is 1. The summed E-state index contributed by atoms with van der Waals surface area (Å²) in [6, 6.07) is 21.6. The molecule has 15 heteroatoms. The van der Waals surface area contributed by atoms with Crippen LogP contribution in [0.15, 0.2) is 84.9 Å². The third-order valence-electron chi connectivity index (χ3n) is 10.1. The van der Waals surface area contributed by atoms with Gasteiger partial charge in [-0.3, -0.25) is 33.8 Å². The van der Waals surface area contributed by atoms with E-state index in [0.29, 0.717) is 57.1 Å². The van der Waals surface area contributed by atoms with E-state index < -0.39 is 49.6 Å². The van der Waals surface area contributed by atoms with Crippen LogP contribution in [0.25, 0.3) is 0 Å². The summed E-state index contributed by atoms with van der Waals surface area (Å²) in [7, 11) is -4.78. The number of nitrogens with zero attached hydrogens (tertiary/aromatic N) is 1. The van der Waals surface area contributed by atoms with E-state index in [0.717, 1.165) is 17.5 Å². The second-order valence-corrected chi connectivity index (χ2v) is 15.5. The minimum Gasteiger partial charge on any atom is -0.461 e. The van der Waals surface area contributed by atoms with Gasteiger partial charge in [-0.2, -0.15) is 0 Å². The van der Waals surface area contributed by atoms with Crippen molar-refractivity contribution in [1.82, 2.24) is 20.9 Å². The van der Waals surface area contributed by atoms with Crippen molar-refractivity contribution >= 4 is 37.4 Å². The first-order valence-electron chi connectivity index (χ1n) is 19.2. The molecule has 0 spiro atoms. The summed E-state index contributed by atoms with van der Waals surface area (Å²) in [5.74, 6) is -3.31. The van der Waals surface area contributed by atoms with Crippen LogP contribution in [0.4, 0.5) is 0 Å². The molecule has 1 unspecified atom stereocenters. The topological polar surface area (TPSA) is 201 Å². The SMILES string of the molecule is CCC[C@H](NC(=O)[C@@H]1CCC2CCCC[C@H](NC(=O)[C@@H](CC(=O)OCc3ccccc3)Cc3ccc(OP(=O)(O)O)cc3)C(=O)N21)C(=O)NCc1ccccc1. The quantitative estimate of drug-likeness (QED) is 0.0960. The van der Waals surface area contributed by atoms with Gasteiger partial charge in [-0.25, -0.2) is 4.57 Å². The van der Waals surface area contributed by atoms with Crippen LogP contribution in [0.2, 0.25) is 0 Å². The molecule has 4 amide bonds. The lowest BCUT2D eigenvalue weighted by atomic mass is 9.93. The van der Waals surface area contributed by atoms with Gasteiger partial charge in [0.2, 0.25) is 23.6 Å². The number of hydrogen-bond acceptors (Lipinski definition) is 8. The van der Waals surface area contributed by atoms with E-state index in [2.05, 4.69) is 20.5 Å². The van der Waals surface area contributed by atoms with Crippen molar-refractivity contribution in [3.8, 4) is 5.75 Å². The normalized spacial score (nSPS) is 19.4. The van der Waals surface area contributed by atoms with Crippen molar-refractivity contribution in [1.29, 1.82) is 0 Å². The van der Waals surface area contributed by atoms with Crippen molar-refractivity contribution in [2.24, 2.45) is 5.92 Å². The molecule has 0 aliphatic carbocycles. The third-order valence-corrected chi connectivity index (χ3v) is 10.6. The number of hydrogen-bond donors (Lipinski definition) is 5. The van der Waals surface area contributed by atoms with Gasteiger partial charge in [0.05, 0.1) is 12.3 Å². The Hall–Kier alpha value is -5.04. The number of carbonyl (C=O) groups excluding carboxylic acids is 5. The van der Waals surface area contributed by atoms with Gasteiger partial charge in [0.15, 0.2) is 0 Å². The average molecular weight is 791 g/mol. The zero-order chi connectivity index (χ0) is 40.1. The third kappa shape index (κ3) is 12.5. The van der Waals surface area contributed by atoms with Gasteiger partial charge in [0, 0.05) is 12.6 Å². The lowest BCUT2D eigenvalue weighted by molar-refractivity contribution is -0.149. The Balaban J connectivity index is 1.28. The van der Waals surface area contributed by atoms with Crippen LogP contribution in [0, 0.1) is 5.92 Å². The second-order valence-electron chi connectivity index (χ2n) is 14.4. The van der Waals surface area contributed by atoms with Gasteiger partial charge in [-0.1, -0.05) is 99.0 Å². The molecular formula is C41H51N4O10P. The van der Waals surface area contributed by atoms with Crippen molar-refractivity contribution in [2.75, 3.05) is 0 Å². The van der Waals surface area contributed by atoms with Crippen LogP contribution in [-0.2, 0) is 52.8 Å². The molecule has 3 aromatic rings. The molecule has 5 rings (SSSR count). The molecule has 300 valence electrons. The first-order valence-corrected chi connectivity index (χ1v) is 20.7. The molecule has 3 aromatic carbocycles. The summed E-state index contributed by atoms with van der Waals surface area (Å²) in [5, 5.41) is 8.72. The largest absolute Gasteiger partial charge is 0.524 e. The molecule has 14 nitrogen and oxygen atoms in total. The summed E-state index contributed by atoms with van der Waals surface area (Å²) in [5.41, 5.74) is 2.28. The number of nitrogens with one attached hydrogen (secondary N) is 3. The monoisotopic (exact) mass is 790 g/mol. The molecule has 5 N–H and O–H groups in total. The fourth-order valence-corrected chi connectivity index (χ4v) is 7.71. The number of rotatable bonds is 17. The van der Waals surface area contributed by atoms with E-state index in [4.69, 9.17) is 14.5 Å². The molecule has 0 aromatic heterocycles. The highest BCUT2D eigenvalue weighted by Crippen LogP contribution is 2.37. The molecule has 5 atom stereocenters. The van der Waals surface area contributed by atoms with E-state index in [1.807, 2.05) is 67.6 Å². The van der Waals surface area contributed by atoms with Crippen LogP contribution in [-0.4, -0.2) is 68.5 Å². The van der Waals surface area contributed by atoms with Crippen LogP contribution in [0.3, 0.4) is 0 Å². The molecule has 0 bridgehead atoms. The zero-order valence-corrected chi connectivity index (χ0v) is 32.4. The Morgan fingerprint density at radius 3 is 2.16 bits per heavy atom. The van der Waals surface area contributed by atoms with E-state index in [1.165, 1.54) is 24.3 Å². The van der Waals surface area contributed by atoms with Gasteiger partial charge in [0.1, 0.15) is 30.5 Å².